The van der Waals surface area contributed by atoms with E-state index in [9.17, 15) is 33.9 Å². The Morgan fingerprint density at radius 3 is 2.11 bits per heavy atom. The molecule has 0 bridgehead atoms. The molecule has 456 valence electrons. The van der Waals surface area contributed by atoms with E-state index < -0.39 is 29.5 Å². The standard InChI is InChI=1S/C62H82N12O10S/c1-39(2)74-51-31-46(30-48(50(51)36-68-74)58(78)66-35-49-40(3)29-41(4)69-59(49)79)45-13-14-53(64-34-45)72-21-19-71(20-22-72)18-17-63-54(76)15-23-82-25-27-84-28-26-83-24-16-55(77)70-57(62(6,7)8)61(81)73-37-47(75)32-52(73)60(80)65-33-43-9-11-44(12-10-43)56-42(5)67-38-85-56/h9-14,29-31,34,36,38-39,47,52,57,75H,15-28,32-33,35,37H2,1-8H3,(H,63,76)(H,65,80)(H,66,78)(H,69,79)(H,70,77)/t47-,52+,57-/m1/s1. The predicted molar refractivity (Wildman–Crippen MR) is 326 cm³/mol. The number of anilines is 1. The molecule has 5 amide bonds. The number of hydrogen-bond donors (Lipinski definition) is 6. The number of aromatic nitrogens is 5. The van der Waals surface area contributed by atoms with Crippen LogP contribution in [0.1, 0.15) is 98.4 Å². The highest BCUT2D eigenvalue weighted by atomic mass is 32.1. The van der Waals surface area contributed by atoms with Crippen molar-refractivity contribution in [3.05, 3.63) is 116 Å². The summed E-state index contributed by atoms with van der Waals surface area (Å²) in [6, 6.07) is 15.9. The summed E-state index contributed by atoms with van der Waals surface area (Å²) in [4.78, 5) is 98.6. The molecule has 2 saturated heterocycles. The number of likely N-dealkylation sites (tertiary alicyclic amines) is 1. The lowest BCUT2D eigenvalue weighted by molar-refractivity contribution is -0.144. The van der Waals surface area contributed by atoms with Gasteiger partial charge in [0, 0.05) is 113 Å². The number of fused-ring (bicyclic) bond motifs is 1. The first-order valence-corrected chi connectivity index (χ1v) is 30.1. The zero-order valence-electron chi connectivity index (χ0n) is 50.1. The fraction of sp³-hybridized carbons (Fsp3) is 0.500. The molecular formula is C62H82N12O10S. The van der Waals surface area contributed by atoms with Gasteiger partial charge in [-0.3, -0.25) is 38.3 Å². The maximum Gasteiger partial charge on any atom is 0.253 e. The summed E-state index contributed by atoms with van der Waals surface area (Å²) >= 11 is 1.57. The molecule has 0 radical (unpaired) electrons. The topological polar surface area (TPSA) is 268 Å². The number of nitrogens with zero attached hydrogens (tertiary/aromatic N) is 7. The van der Waals surface area contributed by atoms with E-state index in [0.29, 0.717) is 30.9 Å². The third kappa shape index (κ3) is 17.2. The van der Waals surface area contributed by atoms with Crippen LogP contribution < -0.4 is 31.7 Å². The molecule has 4 aromatic heterocycles. The number of amides is 5. The van der Waals surface area contributed by atoms with Gasteiger partial charge in [0.05, 0.1) is 79.1 Å². The summed E-state index contributed by atoms with van der Waals surface area (Å²) in [6.45, 7) is 21.5. The van der Waals surface area contributed by atoms with E-state index in [1.54, 1.807) is 17.5 Å². The third-order valence-corrected chi connectivity index (χ3v) is 16.3. The molecule has 85 heavy (non-hydrogen) atoms. The van der Waals surface area contributed by atoms with E-state index in [0.717, 1.165) is 93.5 Å². The number of benzene rings is 2. The van der Waals surface area contributed by atoms with Gasteiger partial charge in [0.1, 0.15) is 17.9 Å². The number of aromatic amines is 1. The monoisotopic (exact) mass is 1190 g/mol. The van der Waals surface area contributed by atoms with Crippen LogP contribution in [0.3, 0.4) is 0 Å². The van der Waals surface area contributed by atoms with E-state index in [1.165, 1.54) is 4.90 Å². The van der Waals surface area contributed by atoms with E-state index >= 15 is 0 Å². The third-order valence-electron chi connectivity index (χ3n) is 15.3. The van der Waals surface area contributed by atoms with E-state index in [4.69, 9.17) is 19.2 Å². The maximum absolute atomic E-state index is 14.0. The van der Waals surface area contributed by atoms with Crippen LogP contribution in [-0.2, 0) is 46.5 Å². The molecule has 23 heteroatoms. The van der Waals surface area contributed by atoms with Gasteiger partial charge in [-0.05, 0) is 92.6 Å². The van der Waals surface area contributed by atoms with Crippen LogP contribution in [0.2, 0.25) is 0 Å². The first kappa shape index (κ1) is 63.6. The zero-order valence-corrected chi connectivity index (χ0v) is 50.9. The number of aliphatic hydroxyl groups excluding tert-OH is 1. The Balaban J connectivity index is 0.666. The average molecular weight is 1190 g/mol. The van der Waals surface area contributed by atoms with Gasteiger partial charge in [-0.1, -0.05) is 45.0 Å². The number of hydrogen-bond acceptors (Lipinski definition) is 16. The molecule has 0 aliphatic carbocycles. The molecule has 2 aromatic carbocycles. The second-order valence-corrected chi connectivity index (χ2v) is 24.0. The van der Waals surface area contributed by atoms with Crippen LogP contribution in [0.25, 0.3) is 32.5 Å². The minimum atomic E-state index is -0.947. The molecule has 2 aliphatic rings. The Bertz CT molecular complexity index is 3310. The Kier molecular flexibility index (Phi) is 22.2. The fourth-order valence-corrected chi connectivity index (χ4v) is 11.4. The molecule has 2 fully saturated rings. The molecular weight excluding hydrogens is 1100 g/mol. The van der Waals surface area contributed by atoms with Crippen molar-refractivity contribution < 1.29 is 43.3 Å². The predicted octanol–water partition coefficient (Wildman–Crippen LogP) is 5.22. The molecule has 6 heterocycles. The minimum absolute atomic E-state index is 0.00615. The lowest BCUT2D eigenvalue weighted by atomic mass is 9.85. The smallest absolute Gasteiger partial charge is 0.253 e. The van der Waals surface area contributed by atoms with E-state index in [2.05, 4.69) is 46.1 Å². The van der Waals surface area contributed by atoms with E-state index in [1.807, 2.05) is 126 Å². The molecule has 0 spiro atoms. The number of aliphatic hydroxyl groups is 1. The van der Waals surface area contributed by atoms with Gasteiger partial charge in [0.15, 0.2) is 0 Å². The van der Waals surface area contributed by atoms with Crippen LogP contribution in [0.5, 0.6) is 0 Å². The van der Waals surface area contributed by atoms with Crippen molar-refractivity contribution in [3.8, 4) is 21.6 Å². The largest absolute Gasteiger partial charge is 0.391 e. The van der Waals surface area contributed by atoms with Gasteiger partial charge in [-0.15, -0.1) is 11.3 Å². The lowest BCUT2D eigenvalue weighted by Crippen LogP contribution is -2.57. The number of nitrogens with one attached hydrogen (secondary N) is 5. The summed E-state index contributed by atoms with van der Waals surface area (Å²) in [5.74, 6) is -0.715. The van der Waals surface area contributed by atoms with Gasteiger partial charge >= 0.3 is 0 Å². The van der Waals surface area contributed by atoms with Crippen molar-refractivity contribution in [2.24, 2.45) is 5.41 Å². The summed E-state index contributed by atoms with van der Waals surface area (Å²) < 4.78 is 18.7. The number of aryl methyl sites for hydroxylation is 3. The fourth-order valence-electron chi connectivity index (χ4n) is 10.5. The number of piperazine rings is 1. The minimum Gasteiger partial charge on any atom is -0.391 e. The second-order valence-electron chi connectivity index (χ2n) is 23.1. The Morgan fingerprint density at radius 1 is 0.788 bits per heavy atom. The number of β-amino-alcohol motifs (C(OH)–C–C–N with tert-alkyl or cyclic N) is 1. The SMILES string of the molecule is Cc1cc(C)c(CNC(=O)c2cc(-c3ccc(N4CCN(CCNC(=O)CCOCCOCCOCCC(=O)N[C@H](C(=O)N5C[C@H](O)C[C@H]5C(=O)NCc5ccc(-c6scnc6C)cc5)C(C)(C)C)CC4)nc3)cc3c2cnn3C(C)C)c(=O)[nH]1. The molecule has 6 N–H and O–H groups in total. The Labute approximate surface area is 500 Å². The molecule has 0 unspecified atom stereocenters. The highest BCUT2D eigenvalue weighted by molar-refractivity contribution is 7.13. The van der Waals surface area contributed by atoms with Gasteiger partial charge in [0.2, 0.25) is 23.6 Å². The van der Waals surface area contributed by atoms with Crippen LogP contribution >= 0.6 is 11.3 Å². The normalized spacial score (nSPS) is 16.0. The molecule has 22 nitrogen and oxygen atoms in total. The number of rotatable bonds is 27. The summed E-state index contributed by atoms with van der Waals surface area (Å²) in [7, 11) is 0. The summed E-state index contributed by atoms with van der Waals surface area (Å²) in [5, 5.41) is 27.6. The lowest BCUT2D eigenvalue weighted by Gasteiger charge is -2.35. The van der Waals surface area contributed by atoms with E-state index in [-0.39, 0.29) is 101 Å². The zero-order chi connectivity index (χ0) is 60.8. The van der Waals surface area contributed by atoms with Gasteiger partial charge in [0.25, 0.3) is 11.5 Å². The van der Waals surface area contributed by atoms with Gasteiger partial charge in [-0.2, -0.15) is 5.10 Å². The Hall–Kier alpha value is -7.41. The average Bonchev–Trinajstić information content (AvgIpc) is 2.38. The van der Waals surface area contributed by atoms with Crippen molar-refractivity contribution in [1.29, 1.82) is 0 Å². The highest BCUT2D eigenvalue weighted by Crippen LogP contribution is 2.32. The second kappa shape index (κ2) is 29.6. The number of carbonyl (C=O) groups is 5. The number of H-pyrrole nitrogens is 1. The molecule has 3 atom stereocenters. The van der Waals surface area contributed by atoms with Crippen LogP contribution in [0.4, 0.5) is 5.82 Å². The number of thiazole rings is 1. The van der Waals surface area contributed by atoms with Crippen LogP contribution in [0, 0.1) is 26.2 Å². The maximum atomic E-state index is 14.0. The quantitative estimate of drug-likeness (QED) is 0.0361. The molecule has 6 aromatic rings. The number of ether oxygens (including phenoxy) is 3. The molecule has 0 saturated carbocycles. The number of pyridine rings is 2. The van der Waals surface area contributed by atoms with Crippen molar-refractivity contribution in [2.75, 3.05) is 90.4 Å². The van der Waals surface area contributed by atoms with Crippen molar-refractivity contribution in [2.45, 2.75) is 112 Å². The molecule has 8 rings (SSSR count). The highest BCUT2D eigenvalue weighted by Gasteiger charge is 2.44. The van der Waals surface area contributed by atoms with Crippen LogP contribution in [-0.4, -0.2) is 173 Å². The first-order chi connectivity index (χ1) is 40.7. The first-order valence-electron chi connectivity index (χ1n) is 29.2. The van der Waals surface area contributed by atoms with Crippen molar-refractivity contribution >= 4 is 57.6 Å². The number of carbonyl (C=O) groups excluding carboxylic acids is 5. The summed E-state index contributed by atoms with van der Waals surface area (Å²) in [5.41, 5.74) is 8.87. The Morgan fingerprint density at radius 2 is 1.47 bits per heavy atom. The van der Waals surface area contributed by atoms with Crippen molar-refractivity contribution in [1.82, 2.24) is 55.8 Å². The molecule has 2 aliphatic heterocycles. The van der Waals surface area contributed by atoms with Gasteiger partial charge < -0.3 is 55.4 Å². The van der Waals surface area contributed by atoms with Gasteiger partial charge in [-0.25, -0.2) is 9.97 Å². The van der Waals surface area contributed by atoms with Crippen LogP contribution in [0.15, 0.2) is 77.3 Å². The summed E-state index contributed by atoms with van der Waals surface area (Å²) in [6.07, 6.45) is 3.00. The van der Waals surface area contributed by atoms with Crippen molar-refractivity contribution in [3.63, 3.8) is 0 Å².